The van der Waals surface area contributed by atoms with Crippen molar-refractivity contribution in [1.82, 2.24) is 13.9 Å². The summed E-state index contributed by atoms with van der Waals surface area (Å²) in [4.78, 5) is 3.95. The number of alkyl halides is 3. The predicted molar refractivity (Wildman–Crippen MR) is 127 cm³/mol. The van der Waals surface area contributed by atoms with E-state index < -0.39 is 39.1 Å². The first-order valence-electron chi connectivity index (χ1n) is 11.2. The van der Waals surface area contributed by atoms with Crippen LogP contribution in [0.15, 0.2) is 96.2 Å². The Morgan fingerprint density at radius 2 is 1.61 bits per heavy atom. The molecule has 2 unspecified atom stereocenters. The SMILES string of the molecule is CC1c2ccccc2-n2ccnc2C(Cc2ccccc2)N1S(=O)(=O)c1ccccc1OC(F)(F)F. The molecular weight excluding hydrogens is 491 g/mol. The minimum Gasteiger partial charge on any atom is -0.404 e. The van der Waals surface area contributed by atoms with Gasteiger partial charge in [0, 0.05) is 12.4 Å². The minimum absolute atomic E-state index is 0.262. The van der Waals surface area contributed by atoms with Crippen molar-refractivity contribution in [3.8, 4) is 11.4 Å². The summed E-state index contributed by atoms with van der Waals surface area (Å²) in [5.74, 6) is -0.315. The molecule has 3 aromatic carbocycles. The maximum atomic E-state index is 14.2. The predicted octanol–water partition coefficient (Wildman–Crippen LogP) is 5.82. The Labute approximate surface area is 206 Å². The number of sulfonamides is 1. The lowest BCUT2D eigenvalue weighted by molar-refractivity contribution is -0.275. The second-order valence-electron chi connectivity index (χ2n) is 8.43. The number of hydrogen-bond donors (Lipinski definition) is 0. The maximum Gasteiger partial charge on any atom is 0.573 e. The van der Waals surface area contributed by atoms with E-state index in [0.29, 0.717) is 11.4 Å². The van der Waals surface area contributed by atoms with Crippen molar-refractivity contribution in [1.29, 1.82) is 0 Å². The quantitative estimate of drug-likeness (QED) is 0.337. The number of imidazole rings is 1. The molecule has 1 aliphatic heterocycles. The lowest BCUT2D eigenvalue weighted by Crippen LogP contribution is -2.38. The molecule has 0 fully saturated rings. The van der Waals surface area contributed by atoms with Gasteiger partial charge in [-0.2, -0.15) is 4.31 Å². The minimum atomic E-state index is -5.05. The van der Waals surface area contributed by atoms with E-state index in [1.807, 2.05) is 53.1 Å². The van der Waals surface area contributed by atoms with Crippen molar-refractivity contribution in [2.24, 2.45) is 0 Å². The van der Waals surface area contributed by atoms with Crippen LogP contribution in [0.1, 0.15) is 36.0 Å². The van der Waals surface area contributed by atoms with E-state index in [1.165, 1.54) is 16.4 Å². The smallest absolute Gasteiger partial charge is 0.404 e. The number of ether oxygens (including phenoxy) is 1. The molecule has 1 aromatic heterocycles. The molecule has 0 spiro atoms. The van der Waals surface area contributed by atoms with Gasteiger partial charge in [0.25, 0.3) is 0 Å². The molecule has 0 N–H and O–H groups in total. The third-order valence-corrected chi connectivity index (χ3v) is 8.22. The van der Waals surface area contributed by atoms with Crippen molar-refractivity contribution in [3.05, 3.63) is 108 Å². The normalized spacial score (nSPS) is 18.2. The zero-order valence-corrected chi connectivity index (χ0v) is 19.9. The number of fused-ring (bicyclic) bond motifs is 3. The topological polar surface area (TPSA) is 64.4 Å². The van der Waals surface area contributed by atoms with Crippen LogP contribution in [0.25, 0.3) is 5.69 Å². The van der Waals surface area contributed by atoms with Gasteiger partial charge in [0.05, 0.1) is 17.8 Å². The van der Waals surface area contributed by atoms with E-state index in [0.717, 1.165) is 23.4 Å². The Kier molecular flexibility index (Phi) is 6.09. The van der Waals surface area contributed by atoms with Crippen LogP contribution >= 0.6 is 0 Å². The van der Waals surface area contributed by atoms with Crippen molar-refractivity contribution in [2.75, 3.05) is 0 Å². The van der Waals surface area contributed by atoms with Crippen molar-refractivity contribution in [2.45, 2.75) is 36.7 Å². The van der Waals surface area contributed by atoms with Gasteiger partial charge in [0.15, 0.2) is 0 Å². The fourth-order valence-corrected chi connectivity index (χ4v) is 6.60. The zero-order valence-electron chi connectivity index (χ0n) is 19.1. The number of hydrogen-bond acceptors (Lipinski definition) is 4. The Hall–Kier alpha value is -3.63. The monoisotopic (exact) mass is 513 g/mol. The molecular formula is C26H22F3N3O3S. The van der Waals surface area contributed by atoms with Gasteiger partial charge in [-0.1, -0.05) is 60.7 Å². The standard InChI is InChI=1S/C26H22F3N3O3S/c1-18-20-11-5-6-12-21(20)31-16-15-30-25(31)22(17-19-9-3-2-4-10-19)32(18)36(33,34)24-14-8-7-13-23(24)35-26(27,28)29/h2-16,18,22H,17H2,1H3. The van der Waals surface area contributed by atoms with Gasteiger partial charge in [-0.25, -0.2) is 13.4 Å². The van der Waals surface area contributed by atoms with Gasteiger partial charge in [-0.3, -0.25) is 0 Å². The Morgan fingerprint density at radius 3 is 2.36 bits per heavy atom. The first kappa shape index (κ1) is 24.1. The van der Waals surface area contributed by atoms with Crippen LogP contribution in [-0.4, -0.2) is 28.6 Å². The molecule has 2 heterocycles. The van der Waals surface area contributed by atoms with Crippen LogP contribution in [0.5, 0.6) is 5.75 Å². The molecule has 2 atom stereocenters. The maximum absolute atomic E-state index is 14.2. The first-order chi connectivity index (χ1) is 17.2. The van der Waals surface area contributed by atoms with Gasteiger partial charge in [0.1, 0.15) is 16.5 Å². The lowest BCUT2D eigenvalue weighted by Gasteiger charge is -2.34. The molecule has 0 amide bonds. The van der Waals surface area contributed by atoms with Crippen LogP contribution in [0.4, 0.5) is 13.2 Å². The van der Waals surface area contributed by atoms with E-state index in [9.17, 15) is 21.6 Å². The van der Waals surface area contributed by atoms with E-state index in [-0.39, 0.29) is 6.42 Å². The highest BCUT2D eigenvalue weighted by molar-refractivity contribution is 7.89. The molecule has 4 aromatic rings. The van der Waals surface area contributed by atoms with Crippen LogP contribution in [0, 0.1) is 0 Å². The van der Waals surface area contributed by atoms with Gasteiger partial charge in [0.2, 0.25) is 10.0 Å². The third kappa shape index (κ3) is 4.38. The number of benzene rings is 3. The molecule has 5 rings (SSSR count). The van der Waals surface area contributed by atoms with Gasteiger partial charge >= 0.3 is 6.36 Å². The average Bonchev–Trinajstić information content (AvgIpc) is 3.30. The second-order valence-corrected chi connectivity index (χ2v) is 10.2. The highest BCUT2D eigenvalue weighted by Gasteiger charge is 2.44. The summed E-state index contributed by atoms with van der Waals surface area (Å²) >= 11 is 0. The second kappa shape index (κ2) is 9.11. The van der Waals surface area contributed by atoms with Crippen molar-refractivity contribution >= 4 is 10.0 Å². The lowest BCUT2D eigenvalue weighted by atomic mass is 10.0. The highest BCUT2D eigenvalue weighted by Crippen LogP contribution is 2.44. The summed E-state index contributed by atoms with van der Waals surface area (Å²) in [6.45, 7) is 1.73. The summed E-state index contributed by atoms with van der Waals surface area (Å²) in [6.07, 6.45) is -1.44. The van der Waals surface area contributed by atoms with Crippen LogP contribution in [-0.2, 0) is 16.4 Å². The van der Waals surface area contributed by atoms with E-state index >= 15 is 0 Å². The molecule has 36 heavy (non-hydrogen) atoms. The van der Waals surface area contributed by atoms with Crippen molar-refractivity contribution < 1.29 is 26.3 Å². The fourth-order valence-electron chi connectivity index (χ4n) is 4.73. The molecule has 6 nitrogen and oxygen atoms in total. The molecule has 0 bridgehead atoms. The summed E-state index contributed by atoms with van der Waals surface area (Å²) in [6, 6.07) is 19.9. The van der Waals surface area contributed by atoms with Crippen LogP contribution in [0.2, 0.25) is 0 Å². The average molecular weight is 514 g/mol. The molecule has 186 valence electrons. The summed E-state index contributed by atoms with van der Waals surface area (Å²) in [7, 11) is -4.52. The molecule has 10 heteroatoms. The summed E-state index contributed by atoms with van der Waals surface area (Å²) in [5.41, 5.74) is 2.31. The number of nitrogens with zero attached hydrogens (tertiary/aromatic N) is 3. The number of aromatic nitrogens is 2. The van der Waals surface area contributed by atoms with Crippen molar-refractivity contribution in [3.63, 3.8) is 0 Å². The molecule has 0 saturated carbocycles. The number of para-hydroxylation sites is 2. The fraction of sp³-hybridized carbons (Fsp3) is 0.192. The molecule has 0 saturated heterocycles. The Balaban J connectivity index is 1.73. The van der Waals surface area contributed by atoms with Gasteiger partial charge in [-0.05, 0) is 42.7 Å². The molecule has 0 aliphatic carbocycles. The third-order valence-electron chi connectivity index (χ3n) is 6.20. The van der Waals surface area contributed by atoms with E-state index in [4.69, 9.17) is 0 Å². The summed E-state index contributed by atoms with van der Waals surface area (Å²) in [5, 5.41) is 0. The zero-order chi connectivity index (χ0) is 25.5. The largest absolute Gasteiger partial charge is 0.573 e. The van der Waals surface area contributed by atoms with Crippen LogP contribution < -0.4 is 4.74 Å². The Morgan fingerprint density at radius 1 is 0.944 bits per heavy atom. The molecule has 1 aliphatic rings. The first-order valence-corrected chi connectivity index (χ1v) is 12.7. The molecule has 0 radical (unpaired) electrons. The van der Waals surface area contributed by atoms with E-state index in [1.54, 1.807) is 25.4 Å². The van der Waals surface area contributed by atoms with Gasteiger partial charge in [-0.15, -0.1) is 13.2 Å². The Bertz CT molecular complexity index is 1490. The van der Waals surface area contributed by atoms with Crippen LogP contribution in [0.3, 0.4) is 0 Å². The number of halogens is 3. The van der Waals surface area contributed by atoms with E-state index in [2.05, 4.69) is 9.72 Å². The van der Waals surface area contributed by atoms with Gasteiger partial charge < -0.3 is 9.30 Å². The number of rotatable bonds is 5. The summed E-state index contributed by atoms with van der Waals surface area (Å²) < 4.78 is 75.2. The highest BCUT2D eigenvalue weighted by atomic mass is 32.2.